The van der Waals surface area contributed by atoms with Crippen molar-refractivity contribution in [2.75, 3.05) is 13.1 Å². The van der Waals surface area contributed by atoms with Crippen LogP contribution in [0.1, 0.15) is 45.2 Å². The number of nitrogens with zero attached hydrogens (tertiary/aromatic N) is 1. The van der Waals surface area contributed by atoms with Crippen molar-refractivity contribution in [3.63, 3.8) is 0 Å². The summed E-state index contributed by atoms with van der Waals surface area (Å²) in [6, 6.07) is 47.5. The van der Waals surface area contributed by atoms with Crippen LogP contribution in [0, 0.1) is 11.6 Å². The van der Waals surface area contributed by atoms with Crippen LogP contribution in [0.15, 0.2) is 175 Å². The molecule has 7 rings (SSSR count). The van der Waals surface area contributed by atoms with Gasteiger partial charge in [-0.1, -0.05) is 137 Å². The van der Waals surface area contributed by atoms with Gasteiger partial charge in [0.05, 0.1) is 6.20 Å². The molecule has 0 saturated carbocycles. The Morgan fingerprint density at radius 3 is 1.34 bits per heavy atom. The Morgan fingerprint density at radius 2 is 0.948 bits per heavy atom. The van der Waals surface area contributed by atoms with Gasteiger partial charge in [-0.25, -0.2) is 18.4 Å². The average Bonchev–Trinajstić information content (AvgIpc) is 3.81. The average molecular weight is 844 g/mol. The molecular formula is C47H41BrF2N4O4. The highest BCUT2D eigenvalue weighted by Crippen LogP contribution is 2.28. The van der Waals surface area contributed by atoms with Gasteiger partial charge in [0.1, 0.15) is 24.8 Å². The minimum Gasteiger partial charge on any atom is -0.445 e. The number of amides is 2. The monoisotopic (exact) mass is 842 g/mol. The molecule has 0 fully saturated rings. The van der Waals surface area contributed by atoms with Crippen LogP contribution in [0.2, 0.25) is 0 Å². The third-order valence-electron chi connectivity index (χ3n) is 9.29. The topological polar surface area (TPSA) is 105 Å². The second-order valence-electron chi connectivity index (χ2n) is 13.3. The SMILES string of the molecule is O=C(NCC(c1ccc(F)cc1)c1ccc(-c2cn[nH]c2)cc1)OCc1ccccc1.O=C(NCC(c1ccc(F)cc1)c1ccc(Br)cc1)OCc1ccccc1. The van der Waals surface area contributed by atoms with Crippen LogP contribution in [-0.2, 0) is 22.7 Å². The van der Waals surface area contributed by atoms with E-state index < -0.39 is 12.2 Å². The number of H-pyrrole nitrogens is 1. The number of aromatic nitrogens is 2. The molecule has 1 heterocycles. The lowest BCUT2D eigenvalue weighted by molar-refractivity contribution is 0.138. The Hall–Kier alpha value is -6.59. The fraction of sp³-hybridized carbons (Fsp3) is 0.128. The maximum absolute atomic E-state index is 13.4. The molecule has 3 N–H and O–H groups in total. The molecule has 1 aromatic heterocycles. The van der Waals surface area contributed by atoms with E-state index in [2.05, 4.69) is 36.8 Å². The van der Waals surface area contributed by atoms with Gasteiger partial charge in [-0.3, -0.25) is 5.10 Å². The second-order valence-corrected chi connectivity index (χ2v) is 14.2. The van der Waals surface area contributed by atoms with Crippen molar-refractivity contribution in [2.45, 2.75) is 25.0 Å². The van der Waals surface area contributed by atoms with E-state index in [9.17, 15) is 18.4 Å². The zero-order valence-electron chi connectivity index (χ0n) is 31.4. The summed E-state index contributed by atoms with van der Waals surface area (Å²) in [5.74, 6) is -0.845. The fourth-order valence-electron chi connectivity index (χ4n) is 6.18. The third kappa shape index (κ3) is 12.5. The zero-order valence-corrected chi connectivity index (χ0v) is 32.9. The molecule has 2 amide bonds. The number of hydrogen-bond acceptors (Lipinski definition) is 5. The van der Waals surface area contributed by atoms with Gasteiger partial charge in [-0.15, -0.1) is 0 Å². The Morgan fingerprint density at radius 1 is 0.552 bits per heavy atom. The van der Waals surface area contributed by atoms with E-state index in [4.69, 9.17) is 9.47 Å². The number of ether oxygens (including phenoxy) is 2. The van der Waals surface area contributed by atoms with E-state index in [1.807, 2.05) is 115 Å². The van der Waals surface area contributed by atoms with Crippen LogP contribution < -0.4 is 10.6 Å². The summed E-state index contributed by atoms with van der Waals surface area (Å²) in [5.41, 5.74) is 7.72. The number of alkyl carbamates (subject to hydrolysis) is 2. The Balaban J connectivity index is 0.000000198. The van der Waals surface area contributed by atoms with E-state index in [1.54, 1.807) is 30.5 Å². The Bertz CT molecular complexity index is 2250. The third-order valence-corrected chi connectivity index (χ3v) is 9.82. The smallest absolute Gasteiger partial charge is 0.407 e. The van der Waals surface area contributed by atoms with Gasteiger partial charge in [0, 0.05) is 41.2 Å². The fourth-order valence-corrected chi connectivity index (χ4v) is 6.44. The van der Waals surface area contributed by atoms with Crippen molar-refractivity contribution in [1.82, 2.24) is 20.8 Å². The second kappa shape index (κ2) is 21.1. The standard InChI is InChI=1S/C25H22FN3O2.C22H19BrFNO2/c26-23-12-10-21(11-13-23)24(16-27-25(30)31-17-18-4-2-1-3-5-18)20-8-6-19(7-9-20)22-14-28-29-15-22;23-19-10-6-17(7-11-19)21(18-8-12-20(24)13-9-18)14-25-22(26)27-15-16-4-2-1-3-5-16/h1-15,24H,16-17H2,(H,27,30)(H,28,29);1-13,21H,14-15H2,(H,25,26). The predicted molar refractivity (Wildman–Crippen MR) is 224 cm³/mol. The summed E-state index contributed by atoms with van der Waals surface area (Å²) < 4.78 is 38.3. The highest BCUT2D eigenvalue weighted by atomic mass is 79.9. The molecule has 6 aromatic carbocycles. The molecule has 7 aromatic rings. The molecule has 294 valence electrons. The van der Waals surface area contributed by atoms with E-state index in [1.165, 1.54) is 24.3 Å². The highest BCUT2D eigenvalue weighted by Gasteiger charge is 2.18. The maximum Gasteiger partial charge on any atom is 0.407 e. The molecular weight excluding hydrogens is 802 g/mol. The van der Waals surface area contributed by atoms with Crippen LogP contribution in [-0.4, -0.2) is 35.5 Å². The van der Waals surface area contributed by atoms with E-state index in [0.29, 0.717) is 13.1 Å². The Kier molecular flexibility index (Phi) is 14.9. The molecule has 0 spiro atoms. The van der Waals surface area contributed by atoms with Crippen LogP contribution in [0.3, 0.4) is 0 Å². The Labute approximate surface area is 344 Å². The van der Waals surface area contributed by atoms with E-state index >= 15 is 0 Å². The first-order chi connectivity index (χ1) is 28.3. The first-order valence-corrected chi connectivity index (χ1v) is 19.3. The number of hydrogen-bond donors (Lipinski definition) is 3. The van der Waals surface area contributed by atoms with Crippen molar-refractivity contribution in [1.29, 1.82) is 0 Å². The van der Waals surface area contributed by atoms with Gasteiger partial charge in [-0.2, -0.15) is 5.10 Å². The summed E-state index contributed by atoms with van der Waals surface area (Å²) >= 11 is 3.43. The minimum absolute atomic E-state index is 0.108. The lowest BCUT2D eigenvalue weighted by Crippen LogP contribution is -2.29. The number of carbonyl (C=O) groups excluding carboxylic acids is 2. The normalized spacial score (nSPS) is 11.6. The molecule has 0 aliphatic heterocycles. The molecule has 0 bridgehead atoms. The quantitative estimate of drug-likeness (QED) is 0.107. The first-order valence-electron chi connectivity index (χ1n) is 18.6. The molecule has 2 unspecified atom stereocenters. The van der Waals surface area contributed by atoms with Gasteiger partial charge < -0.3 is 20.1 Å². The summed E-state index contributed by atoms with van der Waals surface area (Å²) in [7, 11) is 0. The minimum atomic E-state index is -0.494. The number of aromatic amines is 1. The molecule has 0 aliphatic rings. The maximum atomic E-state index is 13.4. The number of carbonyl (C=O) groups is 2. The molecule has 8 nitrogen and oxygen atoms in total. The highest BCUT2D eigenvalue weighted by molar-refractivity contribution is 9.10. The van der Waals surface area contributed by atoms with Crippen LogP contribution in [0.4, 0.5) is 18.4 Å². The molecule has 11 heteroatoms. The number of nitrogens with one attached hydrogen (secondary N) is 3. The molecule has 2 atom stereocenters. The van der Waals surface area contributed by atoms with E-state index in [0.717, 1.165) is 49.0 Å². The van der Waals surface area contributed by atoms with Crippen molar-refractivity contribution in [3.8, 4) is 11.1 Å². The van der Waals surface area contributed by atoms with Crippen LogP contribution >= 0.6 is 15.9 Å². The van der Waals surface area contributed by atoms with Crippen molar-refractivity contribution in [2.24, 2.45) is 0 Å². The molecule has 0 radical (unpaired) electrons. The van der Waals surface area contributed by atoms with Gasteiger partial charge in [-0.05, 0) is 75.3 Å². The lowest BCUT2D eigenvalue weighted by atomic mass is 9.90. The molecule has 0 saturated heterocycles. The summed E-state index contributed by atoms with van der Waals surface area (Å²) in [6.07, 6.45) is 2.61. The van der Waals surface area contributed by atoms with Gasteiger partial charge >= 0.3 is 12.2 Å². The predicted octanol–water partition coefficient (Wildman–Crippen LogP) is 10.9. The van der Waals surface area contributed by atoms with Crippen molar-refractivity contribution < 1.29 is 27.8 Å². The van der Waals surface area contributed by atoms with Gasteiger partial charge in [0.15, 0.2) is 0 Å². The summed E-state index contributed by atoms with van der Waals surface area (Å²) in [4.78, 5) is 24.3. The number of rotatable bonds is 13. The lowest BCUT2D eigenvalue weighted by Gasteiger charge is -2.19. The molecule has 0 aliphatic carbocycles. The van der Waals surface area contributed by atoms with E-state index in [-0.39, 0.29) is 36.7 Å². The zero-order chi connectivity index (χ0) is 40.5. The number of halogens is 3. The van der Waals surface area contributed by atoms with Crippen LogP contribution in [0.5, 0.6) is 0 Å². The molecule has 58 heavy (non-hydrogen) atoms. The van der Waals surface area contributed by atoms with Crippen LogP contribution in [0.25, 0.3) is 11.1 Å². The van der Waals surface area contributed by atoms with Crippen molar-refractivity contribution >= 4 is 28.1 Å². The van der Waals surface area contributed by atoms with Gasteiger partial charge in [0.25, 0.3) is 0 Å². The van der Waals surface area contributed by atoms with Gasteiger partial charge in [0.2, 0.25) is 0 Å². The number of benzene rings is 6. The van der Waals surface area contributed by atoms with Crippen molar-refractivity contribution in [3.05, 3.63) is 220 Å². The summed E-state index contributed by atoms with van der Waals surface area (Å²) in [6.45, 7) is 1.09. The summed E-state index contributed by atoms with van der Waals surface area (Å²) in [5, 5.41) is 12.4. The largest absolute Gasteiger partial charge is 0.445 e. The first kappa shape index (κ1) is 41.1.